The smallest absolute Gasteiger partial charge is 0.310 e. The highest BCUT2D eigenvalue weighted by atomic mass is 16.5. The maximum absolute atomic E-state index is 12.1. The standard InChI is InChI=1S/C18H33NO3/c1-3-4-5-6-7-8-9-10-11-12-17(20)19-14-13-16(15-19)18(21)22-2/h16H,3-15H2,1-2H3. The van der Waals surface area contributed by atoms with E-state index in [2.05, 4.69) is 6.92 Å². The monoisotopic (exact) mass is 311 g/mol. The molecule has 0 aromatic rings. The molecule has 4 heteroatoms. The Morgan fingerprint density at radius 1 is 1.00 bits per heavy atom. The van der Waals surface area contributed by atoms with E-state index in [1.54, 1.807) is 0 Å². The van der Waals surface area contributed by atoms with Gasteiger partial charge in [0, 0.05) is 19.5 Å². The normalized spacial score (nSPS) is 17.7. The average molecular weight is 311 g/mol. The van der Waals surface area contributed by atoms with Gasteiger partial charge in [0.05, 0.1) is 13.0 Å². The zero-order valence-corrected chi connectivity index (χ0v) is 14.4. The molecule has 0 aromatic carbocycles. The van der Waals surface area contributed by atoms with Crippen LogP contribution in [0.15, 0.2) is 0 Å². The third-order valence-corrected chi connectivity index (χ3v) is 4.57. The SMILES string of the molecule is CCCCCCCCCCCC(=O)N1CCC(C(=O)OC)C1. The number of carbonyl (C=O) groups is 2. The molecule has 1 heterocycles. The van der Waals surface area contributed by atoms with Crippen molar-refractivity contribution in [2.75, 3.05) is 20.2 Å². The van der Waals surface area contributed by atoms with Crippen LogP contribution in [-0.2, 0) is 14.3 Å². The number of nitrogens with zero attached hydrogens (tertiary/aromatic N) is 1. The van der Waals surface area contributed by atoms with E-state index in [0.29, 0.717) is 19.5 Å². The van der Waals surface area contributed by atoms with Gasteiger partial charge in [-0.1, -0.05) is 58.3 Å². The molecular weight excluding hydrogens is 278 g/mol. The number of unbranched alkanes of at least 4 members (excludes halogenated alkanes) is 8. The number of rotatable bonds is 11. The number of hydrogen-bond donors (Lipinski definition) is 0. The summed E-state index contributed by atoms with van der Waals surface area (Å²) in [6.45, 7) is 3.49. The fourth-order valence-electron chi connectivity index (χ4n) is 3.09. The zero-order chi connectivity index (χ0) is 16.2. The number of carbonyl (C=O) groups excluding carboxylic acids is 2. The van der Waals surface area contributed by atoms with Crippen LogP contribution in [-0.4, -0.2) is 37.0 Å². The zero-order valence-electron chi connectivity index (χ0n) is 14.4. The lowest BCUT2D eigenvalue weighted by Gasteiger charge is -2.15. The molecule has 128 valence electrons. The quantitative estimate of drug-likeness (QED) is 0.429. The topological polar surface area (TPSA) is 46.6 Å². The number of hydrogen-bond acceptors (Lipinski definition) is 3. The Balaban J connectivity index is 1.99. The molecule has 1 unspecified atom stereocenters. The van der Waals surface area contributed by atoms with Crippen molar-refractivity contribution in [2.45, 2.75) is 77.6 Å². The van der Waals surface area contributed by atoms with Crippen LogP contribution in [0, 0.1) is 5.92 Å². The molecule has 1 fully saturated rings. The van der Waals surface area contributed by atoms with E-state index in [1.165, 1.54) is 52.1 Å². The molecule has 1 aliphatic rings. The Morgan fingerprint density at radius 2 is 1.59 bits per heavy atom. The first kappa shape index (κ1) is 19.0. The van der Waals surface area contributed by atoms with Crippen molar-refractivity contribution < 1.29 is 14.3 Å². The van der Waals surface area contributed by atoms with Gasteiger partial charge < -0.3 is 9.64 Å². The third-order valence-electron chi connectivity index (χ3n) is 4.57. The highest BCUT2D eigenvalue weighted by Crippen LogP contribution is 2.19. The summed E-state index contributed by atoms with van der Waals surface area (Å²) in [6.07, 6.45) is 12.8. The Morgan fingerprint density at radius 3 is 2.18 bits per heavy atom. The van der Waals surface area contributed by atoms with Crippen LogP contribution in [0.3, 0.4) is 0 Å². The summed E-state index contributed by atoms with van der Waals surface area (Å²) in [5.41, 5.74) is 0. The molecule has 0 aliphatic carbocycles. The molecule has 0 aromatic heterocycles. The number of methoxy groups -OCH3 is 1. The maximum Gasteiger partial charge on any atom is 0.310 e. The Bertz CT molecular complexity index is 330. The molecule has 0 radical (unpaired) electrons. The van der Waals surface area contributed by atoms with Crippen LogP contribution >= 0.6 is 0 Å². The minimum absolute atomic E-state index is 0.114. The average Bonchev–Trinajstić information content (AvgIpc) is 3.02. The van der Waals surface area contributed by atoms with Crippen LogP contribution in [0.1, 0.15) is 77.6 Å². The van der Waals surface area contributed by atoms with Crippen molar-refractivity contribution in [3.8, 4) is 0 Å². The van der Waals surface area contributed by atoms with Gasteiger partial charge in [-0.3, -0.25) is 9.59 Å². The summed E-state index contributed by atoms with van der Waals surface area (Å²) in [5.74, 6) is -0.0928. The minimum atomic E-state index is -0.182. The molecule has 1 saturated heterocycles. The fraction of sp³-hybridized carbons (Fsp3) is 0.889. The summed E-state index contributed by atoms with van der Waals surface area (Å²) in [7, 11) is 1.41. The second-order valence-electron chi connectivity index (χ2n) is 6.43. The first-order valence-corrected chi connectivity index (χ1v) is 9.04. The Labute approximate surface area is 135 Å². The van der Waals surface area contributed by atoms with Gasteiger partial charge in [0.15, 0.2) is 0 Å². The highest BCUT2D eigenvalue weighted by Gasteiger charge is 2.31. The predicted octanol–water partition coefficient (Wildman–Crippen LogP) is 3.93. The van der Waals surface area contributed by atoms with Gasteiger partial charge in [-0.15, -0.1) is 0 Å². The number of amides is 1. The van der Waals surface area contributed by atoms with Gasteiger partial charge in [-0.25, -0.2) is 0 Å². The largest absolute Gasteiger partial charge is 0.469 e. The van der Waals surface area contributed by atoms with Crippen molar-refractivity contribution in [3.05, 3.63) is 0 Å². The molecule has 0 N–H and O–H groups in total. The summed E-state index contributed by atoms with van der Waals surface area (Å²) >= 11 is 0. The van der Waals surface area contributed by atoms with E-state index in [1.807, 2.05) is 4.90 Å². The van der Waals surface area contributed by atoms with E-state index in [0.717, 1.165) is 19.3 Å². The number of likely N-dealkylation sites (tertiary alicyclic amines) is 1. The maximum atomic E-state index is 12.1. The predicted molar refractivity (Wildman–Crippen MR) is 88.5 cm³/mol. The lowest BCUT2D eigenvalue weighted by atomic mass is 10.1. The second kappa shape index (κ2) is 11.5. The summed E-state index contributed by atoms with van der Waals surface area (Å²) in [6, 6.07) is 0. The molecule has 0 saturated carbocycles. The van der Waals surface area contributed by atoms with Gasteiger partial charge in [-0.2, -0.15) is 0 Å². The molecule has 1 aliphatic heterocycles. The first-order valence-electron chi connectivity index (χ1n) is 9.04. The molecule has 22 heavy (non-hydrogen) atoms. The van der Waals surface area contributed by atoms with Gasteiger partial charge in [0.1, 0.15) is 0 Å². The third kappa shape index (κ3) is 7.28. The molecule has 0 bridgehead atoms. The fourth-order valence-corrected chi connectivity index (χ4v) is 3.09. The Hall–Kier alpha value is -1.06. The number of esters is 1. The molecule has 0 spiro atoms. The summed E-state index contributed by atoms with van der Waals surface area (Å²) < 4.78 is 4.75. The second-order valence-corrected chi connectivity index (χ2v) is 6.43. The van der Waals surface area contributed by atoms with E-state index in [9.17, 15) is 9.59 Å². The molecule has 1 atom stereocenters. The molecule has 1 amide bonds. The van der Waals surface area contributed by atoms with Crippen LogP contribution in [0.25, 0.3) is 0 Å². The van der Waals surface area contributed by atoms with Gasteiger partial charge in [0.2, 0.25) is 5.91 Å². The van der Waals surface area contributed by atoms with E-state index in [-0.39, 0.29) is 17.8 Å². The van der Waals surface area contributed by atoms with E-state index in [4.69, 9.17) is 4.74 Å². The summed E-state index contributed by atoms with van der Waals surface area (Å²) in [4.78, 5) is 25.4. The Kier molecular flexibility index (Phi) is 9.93. The highest BCUT2D eigenvalue weighted by molar-refractivity contribution is 5.79. The van der Waals surface area contributed by atoms with E-state index >= 15 is 0 Å². The van der Waals surface area contributed by atoms with Crippen LogP contribution in [0.5, 0.6) is 0 Å². The van der Waals surface area contributed by atoms with Crippen molar-refractivity contribution in [1.82, 2.24) is 4.90 Å². The van der Waals surface area contributed by atoms with Crippen LogP contribution < -0.4 is 0 Å². The molecule has 4 nitrogen and oxygen atoms in total. The molecular formula is C18H33NO3. The minimum Gasteiger partial charge on any atom is -0.469 e. The van der Waals surface area contributed by atoms with Crippen LogP contribution in [0.4, 0.5) is 0 Å². The van der Waals surface area contributed by atoms with Gasteiger partial charge in [0.25, 0.3) is 0 Å². The first-order chi connectivity index (χ1) is 10.7. The van der Waals surface area contributed by atoms with Crippen LogP contribution in [0.2, 0.25) is 0 Å². The molecule has 1 rings (SSSR count). The van der Waals surface area contributed by atoms with E-state index < -0.39 is 0 Å². The van der Waals surface area contributed by atoms with Crippen molar-refractivity contribution in [1.29, 1.82) is 0 Å². The van der Waals surface area contributed by atoms with Gasteiger partial charge >= 0.3 is 5.97 Å². The van der Waals surface area contributed by atoms with Crippen molar-refractivity contribution in [2.24, 2.45) is 5.92 Å². The lowest BCUT2D eigenvalue weighted by molar-refractivity contribution is -0.145. The van der Waals surface area contributed by atoms with Gasteiger partial charge in [-0.05, 0) is 12.8 Å². The lowest BCUT2D eigenvalue weighted by Crippen LogP contribution is -2.29. The summed E-state index contributed by atoms with van der Waals surface area (Å²) in [5, 5.41) is 0. The van der Waals surface area contributed by atoms with Crippen molar-refractivity contribution >= 4 is 11.9 Å². The number of ether oxygens (including phenoxy) is 1. The van der Waals surface area contributed by atoms with Crippen molar-refractivity contribution in [3.63, 3.8) is 0 Å².